The number of nitrogens with zero attached hydrogens (tertiary/aromatic N) is 1. The molecule has 1 amide bonds. The second kappa shape index (κ2) is 13.2. The number of hydrogen-bond donors (Lipinski definition) is 2. The van der Waals surface area contributed by atoms with Gasteiger partial charge in [-0.1, -0.05) is 83.3 Å². The number of carboxylic acid groups (broad SMARTS) is 1. The molecule has 0 bridgehead atoms. The average molecular weight is 581 g/mol. The van der Waals surface area contributed by atoms with Gasteiger partial charge in [-0.3, -0.25) is 0 Å². The fraction of sp³-hybridized carbons (Fsp3) is 0.414. The highest BCUT2D eigenvalue weighted by Crippen LogP contribution is 2.42. The van der Waals surface area contributed by atoms with Crippen LogP contribution in [-0.2, 0) is 11.3 Å². The van der Waals surface area contributed by atoms with Crippen LogP contribution in [-0.4, -0.2) is 56.9 Å². The third-order valence-corrected chi connectivity index (χ3v) is 7.37. The van der Waals surface area contributed by atoms with Gasteiger partial charge in [-0.2, -0.15) is 0 Å². The zero-order valence-corrected chi connectivity index (χ0v) is 23.2. The van der Waals surface area contributed by atoms with E-state index < -0.39 is 22.0 Å². The second-order valence-corrected chi connectivity index (χ2v) is 12.1. The van der Waals surface area contributed by atoms with E-state index in [1.807, 2.05) is 54.6 Å². The van der Waals surface area contributed by atoms with Crippen molar-refractivity contribution < 1.29 is 24.5 Å². The molecule has 0 aromatic heterocycles. The van der Waals surface area contributed by atoms with Gasteiger partial charge in [0.25, 0.3) is 0 Å². The van der Waals surface area contributed by atoms with Gasteiger partial charge in [0.05, 0.1) is 25.4 Å². The van der Waals surface area contributed by atoms with Gasteiger partial charge in [-0.15, -0.1) is 0 Å². The van der Waals surface area contributed by atoms with Crippen molar-refractivity contribution in [3.05, 3.63) is 77.9 Å². The smallest absolute Gasteiger partial charge is 0.407 e. The van der Waals surface area contributed by atoms with Gasteiger partial charge in [0.2, 0.25) is 0 Å². The highest BCUT2D eigenvalue weighted by Gasteiger charge is 2.45. The fourth-order valence-electron chi connectivity index (χ4n) is 5.10. The number of alkyl halides is 3. The number of unbranched alkanes of at least 4 members (excludes halogenated alkanes) is 1. The molecule has 9 heteroatoms. The van der Waals surface area contributed by atoms with E-state index in [2.05, 4.69) is 12.1 Å². The van der Waals surface area contributed by atoms with Crippen LogP contribution in [0.15, 0.2) is 66.7 Å². The Hall–Kier alpha value is -2.22. The monoisotopic (exact) mass is 579 g/mol. The first-order valence-corrected chi connectivity index (χ1v) is 13.9. The van der Waals surface area contributed by atoms with E-state index in [-0.39, 0.29) is 25.6 Å². The number of halogens is 3. The van der Waals surface area contributed by atoms with E-state index in [1.165, 1.54) is 4.90 Å². The van der Waals surface area contributed by atoms with Crippen molar-refractivity contribution in [1.82, 2.24) is 4.90 Å². The molecule has 3 aromatic rings. The van der Waals surface area contributed by atoms with E-state index in [9.17, 15) is 9.90 Å². The summed E-state index contributed by atoms with van der Waals surface area (Å²) in [6.45, 7) is 1.21. The number of aliphatic hydroxyl groups excluding tert-OH is 1. The summed E-state index contributed by atoms with van der Waals surface area (Å²) >= 11 is 18.6. The van der Waals surface area contributed by atoms with E-state index in [4.69, 9.17) is 49.4 Å². The summed E-state index contributed by atoms with van der Waals surface area (Å²) in [5, 5.41) is 21.2. The maximum Gasteiger partial charge on any atom is 0.407 e. The zero-order valence-electron chi connectivity index (χ0n) is 20.9. The third-order valence-electron chi connectivity index (χ3n) is 6.91. The Balaban J connectivity index is 1.62. The number of fused-ring (bicyclic) bond motifs is 1. The molecule has 204 valence electrons. The molecule has 1 aliphatic rings. The lowest BCUT2D eigenvalue weighted by Crippen LogP contribution is -2.55. The predicted octanol–water partition coefficient (Wildman–Crippen LogP) is 7.17. The van der Waals surface area contributed by atoms with E-state index in [0.717, 1.165) is 28.3 Å². The lowest BCUT2D eigenvalue weighted by molar-refractivity contribution is -0.0587. The van der Waals surface area contributed by atoms with Gasteiger partial charge < -0.3 is 24.6 Å². The van der Waals surface area contributed by atoms with Crippen molar-refractivity contribution in [2.75, 3.05) is 19.8 Å². The number of amides is 1. The molecule has 0 radical (unpaired) electrons. The molecule has 0 spiro atoms. The second-order valence-electron chi connectivity index (χ2n) is 9.57. The minimum Gasteiger partial charge on any atom is -0.494 e. The topological polar surface area (TPSA) is 79.2 Å². The van der Waals surface area contributed by atoms with Crippen LogP contribution in [0.4, 0.5) is 4.79 Å². The first-order valence-electron chi connectivity index (χ1n) is 12.7. The summed E-state index contributed by atoms with van der Waals surface area (Å²) in [6, 6.07) is 21.3. The van der Waals surface area contributed by atoms with Crippen LogP contribution in [0.3, 0.4) is 0 Å². The molecule has 38 heavy (non-hydrogen) atoms. The molecule has 2 N–H and O–H groups in total. The van der Waals surface area contributed by atoms with Gasteiger partial charge in [0, 0.05) is 25.5 Å². The van der Waals surface area contributed by atoms with E-state index >= 15 is 0 Å². The van der Waals surface area contributed by atoms with Crippen LogP contribution >= 0.6 is 34.8 Å². The molecule has 3 unspecified atom stereocenters. The van der Waals surface area contributed by atoms with Crippen molar-refractivity contribution in [3.63, 3.8) is 0 Å². The molecule has 6 nitrogen and oxygen atoms in total. The summed E-state index contributed by atoms with van der Waals surface area (Å²) in [5.41, 5.74) is 1.95. The Morgan fingerprint density at radius 1 is 1.00 bits per heavy atom. The van der Waals surface area contributed by atoms with Crippen LogP contribution in [0.5, 0.6) is 5.75 Å². The minimum atomic E-state index is -1.65. The normalized spacial score (nSPS) is 20.0. The van der Waals surface area contributed by atoms with Crippen molar-refractivity contribution in [3.8, 4) is 5.75 Å². The maximum atomic E-state index is 12.2. The number of ether oxygens (including phenoxy) is 2. The van der Waals surface area contributed by atoms with Crippen LogP contribution in [0.2, 0.25) is 0 Å². The molecule has 1 saturated heterocycles. The summed E-state index contributed by atoms with van der Waals surface area (Å²) < 4.78 is 10.8. The molecule has 1 fully saturated rings. The molecular weight excluding hydrogens is 549 g/mol. The van der Waals surface area contributed by atoms with Crippen LogP contribution in [0, 0.1) is 0 Å². The standard InChI is InChI=1S/C29H32Cl3NO5/c30-29(31,32)18-26-27(38-19-20-10-11-21-6-1-2-7-22(21)16-20)25(12-13-33(26)28(35)36)23-8-5-9-24(17-23)37-15-4-3-14-34/h1-2,5-11,16-17,25-27,34H,3-4,12-15,18-19H2,(H,35,36). The highest BCUT2D eigenvalue weighted by molar-refractivity contribution is 6.67. The molecule has 0 saturated carbocycles. The number of likely N-dealkylation sites (tertiary alicyclic amines) is 1. The summed E-state index contributed by atoms with van der Waals surface area (Å²) in [6.07, 6.45) is 0.366. The quantitative estimate of drug-likeness (QED) is 0.196. The summed E-state index contributed by atoms with van der Waals surface area (Å²) in [4.78, 5) is 13.5. The van der Waals surface area contributed by atoms with Crippen molar-refractivity contribution in [1.29, 1.82) is 0 Å². The molecule has 3 aromatic carbocycles. The molecular formula is C29H32Cl3NO5. The lowest BCUT2D eigenvalue weighted by Gasteiger charge is -2.45. The van der Waals surface area contributed by atoms with Crippen LogP contribution in [0.1, 0.15) is 42.7 Å². The fourth-order valence-corrected chi connectivity index (χ4v) is 5.57. The Bertz CT molecular complexity index is 1220. The Morgan fingerprint density at radius 2 is 1.79 bits per heavy atom. The third kappa shape index (κ3) is 7.67. The Morgan fingerprint density at radius 3 is 2.53 bits per heavy atom. The maximum absolute atomic E-state index is 12.2. The van der Waals surface area contributed by atoms with E-state index in [0.29, 0.717) is 31.7 Å². The molecule has 0 aliphatic carbocycles. The van der Waals surface area contributed by atoms with Gasteiger partial charge in [0.1, 0.15) is 5.75 Å². The highest BCUT2D eigenvalue weighted by atomic mass is 35.6. The predicted molar refractivity (Wildman–Crippen MR) is 152 cm³/mol. The largest absolute Gasteiger partial charge is 0.494 e. The van der Waals surface area contributed by atoms with Gasteiger partial charge in [-0.25, -0.2) is 4.79 Å². The molecule has 3 atom stereocenters. The molecule has 1 heterocycles. The van der Waals surface area contributed by atoms with Crippen molar-refractivity contribution >= 4 is 51.7 Å². The number of benzene rings is 3. The van der Waals surface area contributed by atoms with Gasteiger partial charge in [0.15, 0.2) is 3.79 Å². The van der Waals surface area contributed by atoms with Crippen molar-refractivity contribution in [2.45, 2.75) is 54.1 Å². The molecule has 4 rings (SSSR count). The first-order chi connectivity index (χ1) is 18.2. The van der Waals surface area contributed by atoms with Crippen LogP contribution < -0.4 is 4.74 Å². The molecule has 1 aliphatic heterocycles. The Labute approximate surface area is 238 Å². The first kappa shape index (κ1) is 28.8. The average Bonchev–Trinajstić information content (AvgIpc) is 2.89. The van der Waals surface area contributed by atoms with E-state index in [1.54, 1.807) is 0 Å². The number of rotatable bonds is 10. The van der Waals surface area contributed by atoms with Gasteiger partial charge >= 0.3 is 6.09 Å². The number of hydrogen-bond acceptors (Lipinski definition) is 4. The minimum absolute atomic E-state index is 0.000203. The van der Waals surface area contributed by atoms with Crippen molar-refractivity contribution in [2.24, 2.45) is 0 Å². The van der Waals surface area contributed by atoms with Gasteiger partial charge in [-0.05, 0) is 59.4 Å². The number of aliphatic hydroxyl groups is 1. The summed E-state index contributed by atoms with van der Waals surface area (Å²) in [7, 11) is 0. The SMILES string of the molecule is O=C(O)N1CCC(c2cccc(OCCCCO)c2)C(OCc2ccc3ccccc3c2)C1CC(Cl)(Cl)Cl. The summed E-state index contributed by atoms with van der Waals surface area (Å²) in [5.74, 6) is 0.580. The lowest BCUT2D eigenvalue weighted by atomic mass is 9.81. The number of carbonyl (C=O) groups is 1. The zero-order chi connectivity index (χ0) is 27.1. The van der Waals surface area contributed by atoms with Crippen LogP contribution in [0.25, 0.3) is 10.8 Å². The Kier molecular flexibility index (Phi) is 10.0. The number of piperidine rings is 1.